The molecule has 0 saturated carbocycles. The average Bonchev–Trinajstić information content (AvgIpc) is 3.05. The van der Waals surface area contributed by atoms with E-state index in [1.54, 1.807) is 6.33 Å². The zero-order chi connectivity index (χ0) is 14.3. The van der Waals surface area contributed by atoms with E-state index in [0.717, 1.165) is 17.8 Å². The van der Waals surface area contributed by atoms with Gasteiger partial charge in [-0.3, -0.25) is 4.79 Å². The van der Waals surface area contributed by atoms with E-state index in [9.17, 15) is 13.6 Å². The van der Waals surface area contributed by atoms with Crippen molar-refractivity contribution in [1.29, 1.82) is 0 Å². The lowest BCUT2D eigenvalue weighted by molar-refractivity contribution is 0.0104. The molecule has 0 radical (unpaired) electrons. The highest BCUT2D eigenvalue weighted by Gasteiger charge is 2.37. The van der Waals surface area contributed by atoms with Gasteiger partial charge in [0.05, 0.1) is 24.3 Å². The molecule has 0 unspecified atom stereocenters. The molecule has 0 aromatic carbocycles. The highest BCUT2D eigenvalue weighted by atomic mass is 19.3. The van der Waals surface area contributed by atoms with Crippen molar-refractivity contribution >= 4 is 5.91 Å². The lowest BCUT2D eigenvalue weighted by Gasteiger charge is -2.25. The van der Waals surface area contributed by atoms with Crippen LogP contribution in [0.4, 0.5) is 8.78 Å². The summed E-state index contributed by atoms with van der Waals surface area (Å²) in [4.78, 5) is 24.2. The zero-order valence-corrected chi connectivity index (χ0v) is 10.7. The summed E-state index contributed by atoms with van der Waals surface area (Å²) in [6.45, 7) is 1.39. The van der Waals surface area contributed by atoms with Crippen LogP contribution < -0.4 is 0 Å². The first-order chi connectivity index (χ1) is 9.47. The largest absolute Gasteiger partial charge is 0.438 e. The van der Waals surface area contributed by atoms with Crippen LogP contribution in [-0.4, -0.2) is 32.3 Å². The summed E-state index contributed by atoms with van der Waals surface area (Å²) in [5, 5.41) is 0. The molecule has 0 bridgehead atoms. The maximum Gasteiger partial charge on any atom is 0.292 e. The molecule has 0 fully saturated rings. The molecule has 1 N–H and O–H groups in total. The maximum atomic E-state index is 13.4. The van der Waals surface area contributed by atoms with Crippen molar-refractivity contribution < 1.29 is 18.0 Å². The Hall–Kier alpha value is -2.25. The lowest BCUT2D eigenvalue weighted by Crippen LogP contribution is -2.36. The van der Waals surface area contributed by atoms with Gasteiger partial charge < -0.3 is 14.3 Å². The van der Waals surface area contributed by atoms with Crippen molar-refractivity contribution in [2.75, 3.05) is 6.54 Å². The van der Waals surface area contributed by atoms with Gasteiger partial charge >= 0.3 is 0 Å². The summed E-state index contributed by atoms with van der Waals surface area (Å²) in [5.41, 5.74) is 1.08. The van der Waals surface area contributed by atoms with E-state index in [2.05, 4.69) is 15.0 Å². The Morgan fingerprint density at radius 1 is 1.50 bits per heavy atom. The predicted molar refractivity (Wildman–Crippen MR) is 63.1 cm³/mol. The first kappa shape index (κ1) is 12.8. The number of nitrogens with one attached hydrogen (secondary N) is 1. The van der Waals surface area contributed by atoms with Gasteiger partial charge in [-0.2, -0.15) is 8.78 Å². The van der Waals surface area contributed by atoms with Crippen molar-refractivity contribution in [1.82, 2.24) is 19.9 Å². The smallest absolute Gasteiger partial charge is 0.292 e. The fourth-order valence-corrected chi connectivity index (χ4v) is 2.24. The Morgan fingerprint density at radius 2 is 2.30 bits per heavy atom. The normalized spacial score (nSPS) is 15.2. The van der Waals surface area contributed by atoms with Crippen LogP contribution in [0.15, 0.2) is 17.1 Å². The van der Waals surface area contributed by atoms with E-state index in [0.29, 0.717) is 26.4 Å². The molecule has 0 spiro atoms. The van der Waals surface area contributed by atoms with Gasteiger partial charge in [-0.1, -0.05) is 0 Å². The minimum Gasteiger partial charge on any atom is -0.438 e. The van der Waals surface area contributed by atoms with Crippen LogP contribution in [0, 0.1) is 0 Å². The van der Waals surface area contributed by atoms with E-state index in [1.165, 1.54) is 4.90 Å². The third-order valence-electron chi connectivity index (χ3n) is 3.24. The molecule has 3 heterocycles. The number of nitrogens with zero attached hydrogens (tertiary/aromatic N) is 3. The fourth-order valence-electron chi connectivity index (χ4n) is 2.24. The second kappa shape index (κ2) is 4.39. The quantitative estimate of drug-likeness (QED) is 0.909. The van der Waals surface area contributed by atoms with Crippen LogP contribution in [0.25, 0.3) is 0 Å². The Bertz CT molecular complexity index is 644. The van der Waals surface area contributed by atoms with Crippen LogP contribution in [0.2, 0.25) is 0 Å². The topological polar surface area (TPSA) is 75.0 Å². The maximum absolute atomic E-state index is 13.4. The third-order valence-corrected chi connectivity index (χ3v) is 3.24. The predicted octanol–water partition coefficient (Wildman–Crippen LogP) is 1.71. The minimum absolute atomic E-state index is 0.295. The van der Waals surface area contributed by atoms with Crippen molar-refractivity contribution in [2.24, 2.45) is 0 Å². The highest BCUT2D eigenvalue weighted by molar-refractivity contribution is 5.92. The van der Waals surface area contributed by atoms with E-state index < -0.39 is 23.3 Å². The Labute approximate surface area is 112 Å². The van der Waals surface area contributed by atoms with Gasteiger partial charge in [0.2, 0.25) is 5.76 Å². The summed E-state index contributed by atoms with van der Waals surface area (Å²) < 4.78 is 31.6. The van der Waals surface area contributed by atoms with Gasteiger partial charge in [0.15, 0.2) is 12.1 Å². The molecule has 1 aliphatic rings. The molecule has 0 saturated heterocycles. The monoisotopic (exact) mass is 282 g/mol. The summed E-state index contributed by atoms with van der Waals surface area (Å²) in [6, 6.07) is 0. The molecule has 1 amide bonds. The van der Waals surface area contributed by atoms with Crippen LogP contribution in [0.1, 0.15) is 34.6 Å². The van der Waals surface area contributed by atoms with Gasteiger partial charge in [-0.25, -0.2) is 9.97 Å². The zero-order valence-electron chi connectivity index (χ0n) is 10.7. The van der Waals surface area contributed by atoms with Gasteiger partial charge in [-0.05, 0) is 0 Å². The second-order valence-corrected chi connectivity index (χ2v) is 4.72. The standard InChI is InChI=1S/C12H12F2N4O2/c1-12(13,14)10-9(20-6-17-10)11(19)18-3-2-7-8(4-18)16-5-15-7/h5-6H,2-4H2,1H3,(H,15,16). The van der Waals surface area contributed by atoms with Crippen LogP contribution >= 0.6 is 0 Å². The molecular weight excluding hydrogens is 270 g/mol. The molecule has 2 aromatic heterocycles. The van der Waals surface area contributed by atoms with Gasteiger partial charge in [0.25, 0.3) is 11.8 Å². The van der Waals surface area contributed by atoms with Crippen LogP contribution in [-0.2, 0) is 18.9 Å². The summed E-state index contributed by atoms with van der Waals surface area (Å²) >= 11 is 0. The van der Waals surface area contributed by atoms with Crippen LogP contribution in [0.3, 0.4) is 0 Å². The van der Waals surface area contributed by atoms with Gasteiger partial charge in [0, 0.05) is 19.9 Å². The fraction of sp³-hybridized carbons (Fsp3) is 0.417. The molecule has 20 heavy (non-hydrogen) atoms. The minimum atomic E-state index is -3.22. The van der Waals surface area contributed by atoms with Crippen molar-refractivity contribution in [3.8, 4) is 0 Å². The molecule has 0 atom stereocenters. The van der Waals surface area contributed by atoms with Gasteiger partial charge in [-0.15, -0.1) is 0 Å². The van der Waals surface area contributed by atoms with Crippen molar-refractivity contribution in [2.45, 2.75) is 25.8 Å². The molecule has 106 valence electrons. The van der Waals surface area contributed by atoms with Crippen LogP contribution in [0.5, 0.6) is 0 Å². The number of hydrogen-bond donors (Lipinski definition) is 1. The molecule has 8 heteroatoms. The number of carbonyl (C=O) groups excluding carboxylic acids is 1. The van der Waals surface area contributed by atoms with E-state index in [-0.39, 0.29) is 0 Å². The number of aromatic nitrogens is 3. The number of fused-ring (bicyclic) bond motifs is 1. The Morgan fingerprint density at radius 3 is 3.05 bits per heavy atom. The number of carbonyl (C=O) groups is 1. The van der Waals surface area contributed by atoms with E-state index >= 15 is 0 Å². The number of alkyl halides is 2. The first-order valence-electron chi connectivity index (χ1n) is 6.09. The Kier molecular flexibility index (Phi) is 2.81. The molecule has 6 nitrogen and oxygen atoms in total. The van der Waals surface area contributed by atoms with Crippen molar-refractivity contribution in [3.63, 3.8) is 0 Å². The number of H-pyrrole nitrogens is 1. The number of hydrogen-bond acceptors (Lipinski definition) is 4. The molecule has 1 aliphatic heterocycles. The summed E-state index contributed by atoms with van der Waals surface area (Å²) in [7, 11) is 0. The molecule has 3 rings (SSSR count). The number of imidazole rings is 1. The Balaban J connectivity index is 1.86. The third kappa shape index (κ3) is 2.06. The number of rotatable bonds is 2. The van der Waals surface area contributed by atoms with Gasteiger partial charge in [0.1, 0.15) is 0 Å². The summed E-state index contributed by atoms with van der Waals surface area (Å²) in [6.07, 6.45) is 3.00. The van der Waals surface area contributed by atoms with E-state index in [1.807, 2.05) is 0 Å². The number of oxazole rings is 1. The van der Waals surface area contributed by atoms with E-state index in [4.69, 9.17) is 4.42 Å². The molecule has 0 aliphatic carbocycles. The number of halogens is 2. The average molecular weight is 282 g/mol. The SMILES string of the molecule is CC(F)(F)c1ncoc1C(=O)N1CCc2nc[nH]c2C1. The van der Waals surface area contributed by atoms with Crippen molar-refractivity contribution in [3.05, 3.63) is 35.6 Å². The highest BCUT2D eigenvalue weighted by Crippen LogP contribution is 2.30. The number of amides is 1. The number of aromatic amines is 1. The second-order valence-electron chi connectivity index (χ2n) is 4.72. The molecular formula is C12H12F2N4O2. The summed E-state index contributed by atoms with van der Waals surface area (Å²) in [5.74, 6) is -4.20. The first-order valence-corrected chi connectivity index (χ1v) is 6.09. The lowest BCUT2D eigenvalue weighted by atomic mass is 10.1. The molecule has 2 aromatic rings.